The van der Waals surface area contributed by atoms with Gasteiger partial charge in [-0.25, -0.2) is 4.39 Å². The fraction of sp³-hybridized carbons (Fsp3) is 0.375. The van der Waals surface area contributed by atoms with E-state index in [0.29, 0.717) is 12.2 Å². The van der Waals surface area contributed by atoms with Crippen LogP contribution in [-0.4, -0.2) is 22.2 Å². The highest BCUT2D eigenvalue weighted by Crippen LogP contribution is 2.48. The number of nitrogens with zero attached hydrogens (tertiary/aromatic N) is 3. The third-order valence-electron chi connectivity index (χ3n) is 3.96. The molecule has 0 aliphatic heterocycles. The summed E-state index contributed by atoms with van der Waals surface area (Å²) in [6.45, 7) is 2.45. The number of hydrogen-bond acceptors (Lipinski definition) is 2. The zero-order valence-corrected chi connectivity index (χ0v) is 12.2. The molecule has 0 radical (unpaired) electrons. The van der Waals surface area contributed by atoms with Gasteiger partial charge in [0.1, 0.15) is 5.82 Å². The van der Waals surface area contributed by atoms with Crippen LogP contribution in [0.2, 0.25) is 0 Å². The van der Waals surface area contributed by atoms with Crippen molar-refractivity contribution in [1.29, 1.82) is 0 Å². The summed E-state index contributed by atoms with van der Waals surface area (Å²) < 4.78 is 15.1. The summed E-state index contributed by atoms with van der Waals surface area (Å²) in [4.78, 5) is 14.3. The Hall–Kier alpha value is -2.17. The first-order valence-electron chi connectivity index (χ1n) is 7.15. The molecule has 1 aliphatic carbocycles. The minimum absolute atomic E-state index is 0.0163. The van der Waals surface area contributed by atoms with Crippen LogP contribution in [0.4, 0.5) is 10.1 Å². The molecule has 1 aromatic carbocycles. The second kappa shape index (κ2) is 5.31. The number of aromatic nitrogens is 2. The van der Waals surface area contributed by atoms with Crippen molar-refractivity contribution < 1.29 is 9.18 Å². The molecule has 1 heterocycles. The van der Waals surface area contributed by atoms with Crippen molar-refractivity contribution in [2.24, 2.45) is 13.0 Å². The number of hydrogen-bond donors (Lipinski definition) is 0. The third kappa shape index (κ3) is 2.68. The van der Waals surface area contributed by atoms with Crippen molar-refractivity contribution in [3.05, 3.63) is 48.0 Å². The van der Waals surface area contributed by atoms with Gasteiger partial charge in [0.25, 0.3) is 0 Å². The number of benzene rings is 1. The first-order chi connectivity index (χ1) is 10.1. The zero-order chi connectivity index (χ0) is 15.0. The molecule has 4 nitrogen and oxygen atoms in total. The number of anilines is 1. The molecule has 0 unspecified atom stereocenters. The fourth-order valence-corrected chi connectivity index (χ4v) is 2.78. The molecule has 21 heavy (non-hydrogen) atoms. The third-order valence-corrected chi connectivity index (χ3v) is 3.96. The highest BCUT2D eigenvalue weighted by atomic mass is 19.1. The molecule has 1 amide bonds. The Morgan fingerprint density at radius 3 is 2.95 bits per heavy atom. The molecule has 1 aliphatic rings. The molecule has 5 heteroatoms. The number of amides is 1. The summed E-state index contributed by atoms with van der Waals surface area (Å²) in [5, 5.41) is 4.15. The van der Waals surface area contributed by atoms with Crippen LogP contribution in [0, 0.1) is 11.7 Å². The maximum atomic E-state index is 13.3. The normalized spacial score (nSPS) is 20.3. The summed E-state index contributed by atoms with van der Waals surface area (Å²) in [5.74, 6) is -0.0264. The number of rotatable bonds is 4. The smallest absolute Gasteiger partial charge is 0.230 e. The SMILES string of the molecule is CCN(C(=O)[C@@H]1C[C@@H]1c1cnn(C)c1)c1cccc(F)c1. The van der Waals surface area contributed by atoms with Gasteiger partial charge in [0.2, 0.25) is 5.91 Å². The van der Waals surface area contributed by atoms with Gasteiger partial charge in [-0.3, -0.25) is 9.48 Å². The fourth-order valence-electron chi connectivity index (χ4n) is 2.78. The van der Waals surface area contributed by atoms with E-state index in [1.54, 1.807) is 21.7 Å². The van der Waals surface area contributed by atoms with E-state index in [1.165, 1.54) is 12.1 Å². The predicted molar refractivity (Wildman–Crippen MR) is 78.5 cm³/mol. The summed E-state index contributed by atoms with van der Waals surface area (Å²) in [5.41, 5.74) is 1.73. The highest BCUT2D eigenvalue weighted by molar-refractivity contribution is 5.97. The van der Waals surface area contributed by atoms with Gasteiger partial charge >= 0.3 is 0 Å². The minimum Gasteiger partial charge on any atom is -0.312 e. The van der Waals surface area contributed by atoms with Gasteiger partial charge < -0.3 is 4.90 Å². The number of halogens is 1. The van der Waals surface area contributed by atoms with Crippen molar-refractivity contribution in [1.82, 2.24) is 9.78 Å². The van der Waals surface area contributed by atoms with Gasteiger partial charge in [0, 0.05) is 31.4 Å². The lowest BCUT2D eigenvalue weighted by Gasteiger charge is -2.21. The Kier molecular flexibility index (Phi) is 3.49. The van der Waals surface area contributed by atoms with Crippen LogP contribution in [0.1, 0.15) is 24.8 Å². The average molecular weight is 287 g/mol. The Morgan fingerprint density at radius 1 is 1.52 bits per heavy atom. The Labute approximate surface area is 123 Å². The Balaban J connectivity index is 1.75. The molecule has 110 valence electrons. The topological polar surface area (TPSA) is 38.1 Å². The second-order valence-corrected chi connectivity index (χ2v) is 5.46. The first kappa shape index (κ1) is 13.8. The zero-order valence-electron chi connectivity index (χ0n) is 12.2. The molecular formula is C16H18FN3O. The molecule has 1 fully saturated rings. The van der Waals surface area contributed by atoms with Crippen LogP contribution in [0.5, 0.6) is 0 Å². The monoisotopic (exact) mass is 287 g/mol. The van der Waals surface area contributed by atoms with E-state index in [1.807, 2.05) is 26.4 Å². The van der Waals surface area contributed by atoms with Crippen molar-refractivity contribution in [3.8, 4) is 0 Å². The lowest BCUT2D eigenvalue weighted by Crippen LogP contribution is -2.32. The molecule has 0 N–H and O–H groups in total. The van der Waals surface area contributed by atoms with Crippen molar-refractivity contribution >= 4 is 11.6 Å². The summed E-state index contributed by atoms with van der Waals surface area (Å²) in [7, 11) is 1.87. The van der Waals surface area contributed by atoms with Gasteiger partial charge in [-0.2, -0.15) is 5.10 Å². The second-order valence-electron chi connectivity index (χ2n) is 5.46. The maximum Gasteiger partial charge on any atom is 0.230 e. The number of carbonyl (C=O) groups excluding carboxylic acids is 1. The summed E-state index contributed by atoms with van der Waals surface area (Å²) >= 11 is 0. The van der Waals surface area contributed by atoms with Crippen LogP contribution in [0.3, 0.4) is 0 Å². The van der Waals surface area contributed by atoms with E-state index < -0.39 is 0 Å². The van der Waals surface area contributed by atoms with E-state index in [4.69, 9.17) is 0 Å². The molecule has 1 aromatic heterocycles. The predicted octanol–water partition coefficient (Wildman–Crippen LogP) is 2.72. The van der Waals surface area contributed by atoms with Gasteiger partial charge in [-0.05, 0) is 43.0 Å². The van der Waals surface area contributed by atoms with Crippen LogP contribution in [0.15, 0.2) is 36.7 Å². The van der Waals surface area contributed by atoms with Crippen molar-refractivity contribution in [2.45, 2.75) is 19.3 Å². The van der Waals surface area contributed by atoms with Crippen molar-refractivity contribution in [3.63, 3.8) is 0 Å². The molecule has 2 atom stereocenters. The van der Waals surface area contributed by atoms with Crippen LogP contribution < -0.4 is 4.90 Å². The number of carbonyl (C=O) groups is 1. The van der Waals surface area contributed by atoms with Crippen molar-refractivity contribution in [2.75, 3.05) is 11.4 Å². The van der Waals surface area contributed by atoms with E-state index in [9.17, 15) is 9.18 Å². The quantitative estimate of drug-likeness (QED) is 0.867. The number of aryl methyl sites for hydroxylation is 1. The summed E-state index contributed by atoms with van der Waals surface area (Å²) in [6, 6.07) is 6.19. The van der Waals surface area contributed by atoms with Crippen LogP contribution in [-0.2, 0) is 11.8 Å². The minimum atomic E-state index is -0.321. The van der Waals surface area contributed by atoms with Crippen LogP contribution in [0.25, 0.3) is 0 Å². The molecule has 0 bridgehead atoms. The van der Waals surface area contributed by atoms with E-state index >= 15 is 0 Å². The standard InChI is InChI=1S/C16H18FN3O/c1-3-20(13-6-4-5-12(17)7-13)16(21)15-8-14(15)11-9-18-19(2)10-11/h4-7,9-10,14-15H,3,8H2,1-2H3/t14-,15-/m1/s1. The Bertz CT molecular complexity index is 667. The maximum absolute atomic E-state index is 13.3. The van der Waals surface area contributed by atoms with Gasteiger partial charge in [0.15, 0.2) is 0 Å². The molecule has 0 spiro atoms. The largest absolute Gasteiger partial charge is 0.312 e. The highest BCUT2D eigenvalue weighted by Gasteiger charge is 2.46. The lowest BCUT2D eigenvalue weighted by molar-refractivity contribution is -0.119. The Morgan fingerprint density at radius 2 is 2.33 bits per heavy atom. The molecule has 2 aromatic rings. The van der Waals surface area contributed by atoms with E-state index in [-0.39, 0.29) is 23.6 Å². The lowest BCUT2D eigenvalue weighted by atomic mass is 10.1. The van der Waals surface area contributed by atoms with E-state index in [0.717, 1.165) is 12.0 Å². The van der Waals surface area contributed by atoms with Gasteiger partial charge in [-0.1, -0.05) is 6.07 Å². The van der Waals surface area contributed by atoms with Gasteiger partial charge in [0.05, 0.1) is 6.20 Å². The summed E-state index contributed by atoms with van der Waals surface area (Å²) in [6.07, 6.45) is 4.61. The molecule has 0 saturated heterocycles. The van der Waals surface area contributed by atoms with E-state index in [2.05, 4.69) is 5.10 Å². The van der Waals surface area contributed by atoms with Crippen LogP contribution >= 0.6 is 0 Å². The molecule has 3 rings (SSSR count). The van der Waals surface area contributed by atoms with Gasteiger partial charge in [-0.15, -0.1) is 0 Å². The molecular weight excluding hydrogens is 269 g/mol. The first-order valence-corrected chi connectivity index (χ1v) is 7.15. The average Bonchev–Trinajstić information content (AvgIpc) is 3.15. The molecule has 1 saturated carbocycles.